The van der Waals surface area contributed by atoms with Gasteiger partial charge in [-0.05, 0) is 27.7 Å². The summed E-state index contributed by atoms with van der Waals surface area (Å²) in [6.45, 7) is 7.69. The molecule has 33 heavy (non-hydrogen) atoms. The molecular weight excluding hydrogens is 450 g/mol. The second-order valence-corrected chi connectivity index (χ2v) is 10.4. The van der Waals surface area contributed by atoms with Gasteiger partial charge in [0.25, 0.3) is 0 Å². The third kappa shape index (κ3) is 3.73. The van der Waals surface area contributed by atoms with E-state index in [-0.39, 0.29) is 30.2 Å². The van der Waals surface area contributed by atoms with Crippen molar-refractivity contribution in [1.82, 2.24) is 14.3 Å². The van der Waals surface area contributed by atoms with Crippen molar-refractivity contribution >= 4 is 39.6 Å². The highest BCUT2D eigenvalue weighted by Crippen LogP contribution is 2.51. The molecule has 1 amide bonds. The monoisotopic (exact) mass is 477 g/mol. The van der Waals surface area contributed by atoms with Gasteiger partial charge in [-0.15, -0.1) is 11.3 Å². The van der Waals surface area contributed by atoms with Crippen LogP contribution in [0.4, 0.5) is 0 Å². The lowest BCUT2D eigenvalue weighted by atomic mass is 9.77. The van der Waals surface area contributed by atoms with E-state index >= 15 is 0 Å². The Hall–Kier alpha value is -2.76. The summed E-state index contributed by atoms with van der Waals surface area (Å²) < 4.78 is 12.0. The smallest absolute Gasteiger partial charge is 0.358 e. The summed E-state index contributed by atoms with van der Waals surface area (Å²) in [6, 6.07) is -0.385. The molecule has 11 heteroatoms. The number of fused-ring (bicyclic) bond motifs is 2. The molecule has 0 spiro atoms. The van der Waals surface area contributed by atoms with Gasteiger partial charge < -0.3 is 24.6 Å². The van der Waals surface area contributed by atoms with Crippen LogP contribution in [-0.4, -0.2) is 61.3 Å². The molecule has 0 aliphatic carbocycles. The minimum Gasteiger partial charge on any atom is -0.427 e. The molecule has 2 aromatic heterocycles. The van der Waals surface area contributed by atoms with Crippen molar-refractivity contribution in [1.29, 1.82) is 0 Å². The number of hydrogen-bond donors (Lipinski definition) is 2. The Morgan fingerprint density at radius 3 is 2.61 bits per heavy atom. The number of carbonyl (C=O) groups excluding carboxylic acids is 3. The number of nitrogens with zero attached hydrogens (tertiary/aromatic N) is 3. The van der Waals surface area contributed by atoms with Gasteiger partial charge in [0.15, 0.2) is 0 Å². The molecule has 0 bridgehead atoms. The predicted molar refractivity (Wildman–Crippen MR) is 117 cm³/mol. The van der Waals surface area contributed by atoms with Crippen LogP contribution in [0.2, 0.25) is 0 Å². The first-order valence-corrected chi connectivity index (χ1v) is 11.5. The van der Waals surface area contributed by atoms with Crippen molar-refractivity contribution in [3.63, 3.8) is 0 Å². The van der Waals surface area contributed by atoms with Crippen molar-refractivity contribution in [3.05, 3.63) is 28.8 Å². The fraction of sp³-hybridized carbons (Fsp3) is 0.545. The van der Waals surface area contributed by atoms with Gasteiger partial charge in [0.05, 0.1) is 34.6 Å². The first kappa shape index (κ1) is 23.4. The van der Waals surface area contributed by atoms with Gasteiger partial charge in [-0.2, -0.15) is 0 Å². The van der Waals surface area contributed by atoms with E-state index in [0.717, 1.165) is 9.71 Å². The van der Waals surface area contributed by atoms with E-state index in [2.05, 4.69) is 4.98 Å². The van der Waals surface area contributed by atoms with Gasteiger partial charge >= 0.3 is 11.9 Å². The van der Waals surface area contributed by atoms with Gasteiger partial charge in [-0.1, -0.05) is 6.92 Å². The van der Waals surface area contributed by atoms with Crippen LogP contribution in [0.25, 0.3) is 10.4 Å². The third-order valence-electron chi connectivity index (χ3n) is 6.07. The number of β-lactam (4-membered cyclic amide) rings is 1. The number of aromatic nitrogens is 2. The van der Waals surface area contributed by atoms with Crippen LogP contribution < -0.4 is 0 Å². The summed E-state index contributed by atoms with van der Waals surface area (Å²) in [7, 11) is 0. The standard InChI is InChI=1S/C22H27N3O7S/c1-10-15(12-7-24-13(8-26)23-6-14(24)33-12)18(25-17(10)16(11(2)27)19(25)28)20(29)31-9-32-21(30)22(3,4)5/h6-7,10-11,16-17,26-27H,8-9H2,1-5H3/t10-,11+,16+,17+/m0/s1. The quantitative estimate of drug-likeness (QED) is 0.364. The molecule has 4 heterocycles. The van der Waals surface area contributed by atoms with Crippen molar-refractivity contribution in [2.24, 2.45) is 17.3 Å². The Bertz CT molecular complexity index is 1160. The lowest BCUT2D eigenvalue weighted by Crippen LogP contribution is -2.63. The molecule has 1 saturated heterocycles. The first-order valence-electron chi connectivity index (χ1n) is 10.6. The molecule has 10 nitrogen and oxygen atoms in total. The maximum atomic E-state index is 13.1. The molecule has 2 N–H and O–H groups in total. The van der Waals surface area contributed by atoms with Crippen LogP contribution in [-0.2, 0) is 30.5 Å². The second kappa shape index (κ2) is 8.23. The highest BCUT2D eigenvalue weighted by molar-refractivity contribution is 7.18. The minimum atomic E-state index is -0.866. The van der Waals surface area contributed by atoms with E-state index in [0.29, 0.717) is 11.4 Å². The number of hydrogen-bond acceptors (Lipinski definition) is 9. The molecule has 4 atom stereocenters. The van der Waals surface area contributed by atoms with E-state index in [4.69, 9.17) is 9.47 Å². The number of ether oxygens (including phenoxy) is 2. The summed E-state index contributed by atoms with van der Waals surface area (Å²) in [4.78, 5) is 45.0. The molecule has 0 unspecified atom stereocenters. The van der Waals surface area contributed by atoms with Crippen molar-refractivity contribution < 1.29 is 34.1 Å². The molecule has 4 rings (SSSR count). The summed E-state index contributed by atoms with van der Waals surface area (Å²) in [6.07, 6.45) is 2.53. The number of rotatable bonds is 6. The fourth-order valence-electron chi connectivity index (χ4n) is 4.40. The second-order valence-electron chi connectivity index (χ2n) is 9.38. The summed E-state index contributed by atoms with van der Waals surface area (Å²) in [5.41, 5.74) is -0.0515. The zero-order valence-corrected chi connectivity index (χ0v) is 19.9. The van der Waals surface area contributed by atoms with Crippen LogP contribution in [0.15, 0.2) is 18.1 Å². The van der Waals surface area contributed by atoms with Gasteiger partial charge in [0.1, 0.15) is 23.0 Å². The number of aliphatic hydroxyl groups excluding tert-OH is 2. The van der Waals surface area contributed by atoms with Crippen LogP contribution in [0.3, 0.4) is 0 Å². The molecule has 2 aliphatic rings. The van der Waals surface area contributed by atoms with Crippen LogP contribution in [0, 0.1) is 17.3 Å². The molecule has 0 saturated carbocycles. The SMILES string of the molecule is C[C@@H](O)[C@H]1C(=O)N2C(C(=O)OCOC(=O)C(C)(C)C)=C(c3cn4c(CO)ncc4s3)[C@H](C)[C@H]12. The number of aliphatic hydroxyl groups is 2. The highest BCUT2D eigenvalue weighted by Gasteiger charge is 2.60. The van der Waals surface area contributed by atoms with E-state index in [1.807, 2.05) is 6.92 Å². The number of carbonyl (C=O) groups is 3. The molecule has 1 fully saturated rings. The topological polar surface area (TPSA) is 131 Å². The van der Waals surface area contributed by atoms with Gasteiger partial charge in [-0.25, -0.2) is 9.78 Å². The number of esters is 2. The summed E-state index contributed by atoms with van der Waals surface area (Å²) in [5, 5.41) is 19.7. The van der Waals surface area contributed by atoms with E-state index in [1.165, 1.54) is 16.2 Å². The molecule has 178 valence electrons. The van der Waals surface area contributed by atoms with Crippen molar-refractivity contribution in [2.45, 2.75) is 53.4 Å². The van der Waals surface area contributed by atoms with Crippen LogP contribution in [0.5, 0.6) is 0 Å². The lowest BCUT2D eigenvalue weighted by molar-refractivity contribution is -0.175. The summed E-state index contributed by atoms with van der Waals surface area (Å²) in [5.74, 6) is -2.07. The maximum Gasteiger partial charge on any atom is 0.358 e. The average Bonchev–Trinajstić information content (AvgIpc) is 3.36. The van der Waals surface area contributed by atoms with Crippen molar-refractivity contribution in [3.8, 4) is 0 Å². The van der Waals surface area contributed by atoms with Crippen LogP contribution >= 0.6 is 11.3 Å². The Morgan fingerprint density at radius 1 is 1.30 bits per heavy atom. The summed E-state index contributed by atoms with van der Waals surface area (Å²) >= 11 is 1.37. The maximum absolute atomic E-state index is 13.1. The Labute approximate surface area is 194 Å². The van der Waals surface area contributed by atoms with Crippen LogP contribution in [0.1, 0.15) is 45.3 Å². The normalized spacial score (nSPS) is 23.5. The minimum absolute atomic E-state index is 0.0872. The number of amides is 1. The Kier molecular flexibility index (Phi) is 5.83. The number of imidazole rings is 1. The number of thiazole rings is 1. The molecular formula is C22H27N3O7S. The van der Waals surface area contributed by atoms with E-state index < -0.39 is 36.2 Å². The third-order valence-corrected chi connectivity index (χ3v) is 7.12. The van der Waals surface area contributed by atoms with Gasteiger partial charge in [0.2, 0.25) is 12.7 Å². The largest absolute Gasteiger partial charge is 0.427 e. The van der Waals surface area contributed by atoms with E-state index in [9.17, 15) is 24.6 Å². The Balaban J connectivity index is 1.69. The predicted octanol–water partition coefficient (Wildman–Crippen LogP) is 1.55. The highest BCUT2D eigenvalue weighted by atomic mass is 32.1. The van der Waals surface area contributed by atoms with Gasteiger partial charge in [-0.3, -0.25) is 14.0 Å². The molecule has 0 aromatic carbocycles. The fourth-order valence-corrected chi connectivity index (χ4v) is 5.54. The first-order chi connectivity index (χ1) is 15.5. The Morgan fingerprint density at radius 2 is 2.00 bits per heavy atom. The molecule has 0 radical (unpaired) electrons. The van der Waals surface area contributed by atoms with Gasteiger partial charge in [0, 0.05) is 17.7 Å². The molecule has 2 aromatic rings. The lowest BCUT2D eigenvalue weighted by Gasteiger charge is -2.46. The van der Waals surface area contributed by atoms with Crippen molar-refractivity contribution in [2.75, 3.05) is 6.79 Å². The molecule has 2 aliphatic heterocycles. The zero-order chi connectivity index (χ0) is 24.2. The average molecular weight is 478 g/mol. The van der Waals surface area contributed by atoms with E-state index in [1.54, 1.807) is 44.5 Å². The zero-order valence-electron chi connectivity index (χ0n) is 19.1.